The van der Waals surface area contributed by atoms with Crippen LogP contribution in [0.1, 0.15) is 5.69 Å². The Balaban J connectivity index is 2.11. The fourth-order valence-electron chi connectivity index (χ4n) is 1.79. The zero-order valence-electron chi connectivity index (χ0n) is 10.0. The second kappa shape index (κ2) is 5.54. The summed E-state index contributed by atoms with van der Waals surface area (Å²) < 4.78 is 38.8. The number of imidazole rings is 1. The topological polar surface area (TPSA) is 53.7 Å². The average Bonchev–Trinajstić information content (AvgIpc) is 2.69. The van der Waals surface area contributed by atoms with Crippen molar-refractivity contribution in [2.45, 2.75) is 12.7 Å². The maximum atomic E-state index is 12.4. The molecule has 0 atom stereocenters. The molecule has 2 heterocycles. The molecule has 0 bridgehead atoms. The van der Waals surface area contributed by atoms with Gasteiger partial charge in [0, 0.05) is 31.7 Å². The van der Waals surface area contributed by atoms with Crippen molar-refractivity contribution in [3.63, 3.8) is 0 Å². The number of halogens is 3. The van der Waals surface area contributed by atoms with Crippen molar-refractivity contribution in [3.05, 3.63) is 30.4 Å². The van der Waals surface area contributed by atoms with Crippen LogP contribution >= 0.6 is 0 Å². The van der Waals surface area contributed by atoms with Crippen LogP contribution in [0, 0.1) is 0 Å². The summed E-state index contributed by atoms with van der Waals surface area (Å²) in [4.78, 5) is 9.22. The van der Waals surface area contributed by atoms with E-state index in [9.17, 15) is 13.2 Å². The average molecular weight is 274 g/mol. The first-order valence-corrected chi connectivity index (χ1v) is 5.66. The molecule has 0 aliphatic heterocycles. The second-order valence-corrected chi connectivity index (χ2v) is 4.11. The van der Waals surface area contributed by atoms with Gasteiger partial charge in [-0.1, -0.05) is 0 Å². The number of nitrogens with zero attached hydrogens (tertiary/aromatic N) is 4. The number of aliphatic hydroxyl groups excluding tert-OH is 1. The Morgan fingerprint density at radius 1 is 1.37 bits per heavy atom. The molecule has 5 nitrogen and oxygen atoms in total. The van der Waals surface area contributed by atoms with E-state index in [-0.39, 0.29) is 19.7 Å². The molecule has 0 aromatic carbocycles. The summed E-state index contributed by atoms with van der Waals surface area (Å²) in [5.74, 6) is 0.438. The molecule has 0 spiro atoms. The molecule has 0 unspecified atom stereocenters. The summed E-state index contributed by atoms with van der Waals surface area (Å²) in [6.07, 6.45) is 0.613. The summed E-state index contributed by atoms with van der Waals surface area (Å²) in [5, 5.41) is 8.80. The molecule has 0 amide bonds. The van der Waals surface area contributed by atoms with Gasteiger partial charge in [0.05, 0.1) is 18.8 Å². The van der Waals surface area contributed by atoms with Crippen molar-refractivity contribution in [2.24, 2.45) is 0 Å². The van der Waals surface area contributed by atoms with E-state index in [0.717, 1.165) is 4.90 Å². The Morgan fingerprint density at radius 3 is 2.79 bits per heavy atom. The first-order chi connectivity index (χ1) is 8.98. The monoisotopic (exact) mass is 274 g/mol. The maximum absolute atomic E-state index is 12.4. The Morgan fingerprint density at radius 2 is 2.16 bits per heavy atom. The maximum Gasteiger partial charge on any atom is 0.401 e. The SMILES string of the molecule is OCCN(Cc1cn2cccnc2n1)CC(F)(F)F. The Hall–Kier alpha value is -1.67. The van der Waals surface area contributed by atoms with Gasteiger partial charge in [0.25, 0.3) is 0 Å². The summed E-state index contributed by atoms with van der Waals surface area (Å²) in [6.45, 7) is -1.44. The number of aromatic nitrogens is 3. The number of alkyl halides is 3. The van der Waals surface area contributed by atoms with E-state index < -0.39 is 12.7 Å². The molecular formula is C11H13F3N4O. The predicted molar refractivity (Wildman–Crippen MR) is 61.4 cm³/mol. The van der Waals surface area contributed by atoms with E-state index in [1.807, 2.05) is 0 Å². The molecule has 0 saturated carbocycles. The van der Waals surface area contributed by atoms with Crippen LogP contribution in [-0.4, -0.2) is 50.2 Å². The molecule has 8 heteroatoms. The van der Waals surface area contributed by atoms with E-state index in [1.54, 1.807) is 29.1 Å². The van der Waals surface area contributed by atoms with Gasteiger partial charge in [-0.3, -0.25) is 9.30 Å². The van der Waals surface area contributed by atoms with Gasteiger partial charge in [-0.25, -0.2) is 9.97 Å². The number of rotatable bonds is 5. The number of fused-ring (bicyclic) bond motifs is 1. The third kappa shape index (κ3) is 3.90. The minimum Gasteiger partial charge on any atom is -0.395 e. The molecule has 0 aliphatic rings. The van der Waals surface area contributed by atoms with Crippen LogP contribution in [0.5, 0.6) is 0 Å². The molecule has 2 rings (SSSR count). The number of hydrogen-bond acceptors (Lipinski definition) is 4. The van der Waals surface area contributed by atoms with Gasteiger partial charge < -0.3 is 5.11 Å². The zero-order chi connectivity index (χ0) is 13.9. The highest BCUT2D eigenvalue weighted by Gasteiger charge is 2.30. The minimum absolute atomic E-state index is 0.0173. The highest BCUT2D eigenvalue weighted by molar-refractivity contribution is 5.29. The van der Waals surface area contributed by atoms with Gasteiger partial charge in [0.2, 0.25) is 5.78 Å². The van der Waals surface area contributed by atoms with Crippen LogP contribution in [0.25, 0.3) is 5.78 Å². The highest BCUT2D eigenvalue weighted by atomic mass is 19.4. The normalized spacial score (nSPS) is 12.5. The molecule has 0 aliphatic carbocycles. The van der Waals surface area contributed by atoms with Crippen LogP contribution in [0.2, 0.25) is 0 Å². The lowest BCUT2D eigenvalue weighted by atomic mass is 10.4. The van der Waals surface area contributed by atoms with Crippen LogP contribution in [0.15, 0.2) is 24.7 Å². The van der Waals surface area contributed by atoms with Crippen LogP contribution < -0.4 is 0 Å². The summed E-state index contributed by atoms with van der Waals surface area (Å²) in [7, 11) is 0. The minimum atomic E-state index is -4.30. The lowest BCUT2D eigenvalue weighted by Gasteiger charge is -2.21. The Kier molecular flexibility index (Phi) is 4.01. The van der Waals surface area contributed by atoms with Gasteiger partial charge in [-0.2, -0.15) is 13.2 Å². The molecule has 1 N–H and O–H groups in total. The third-order valence-electron chi connectivity index (χ3n) is 2.49. The zero-order valence-corrected chi connectivity index (χ0v) is 10.0. The van der Waals surface area contributed by atoms with E-state index >= 15 is 0 Å². The van der Waals surface area contributed by atoms with Crippen molar-refractivity contribution >= 4 is 5.78 Å². The number of aliphatic hydroxyl groups is 1. The highest BCUT2D eigenvalue weighted by Crippen LogP contribution is 2.17. The standard InChI is InChI=1S/C11H13F3N4O/c12-11(13,14)8-17(4-5-19)6-9-7-18-3-1-2-15-10(18)16-9/h1-3,7,19H,4-6,8H2. The summed E-state index contributed by atoms with van der Waals surface area (Å²) >= 11 is 0. The first kappa shape index (κ1) is 13.8. The second-order valence-electron chi connectivity index (χ2n) is 4.11. The molecule has 0 saturated heterocycles. The Bertz CT molecular complexity index is 507. The molecule has 19 heavy (non-hydrogen) atoms. The third-order valence-corrected chi connectivity index (χ3v) is 2.49. The van der Waals surface area contributed by atoms with Gasteiger partial charge in [-0.15, -0.1) is 0 Å². The van der Waals surface area contributed by atoms with E-state index in [1.165, 1.54) is 0 Å². The van der Waals surface area contributed by atoms with E-state index in [4.69, 9.17) is 5.11 Å². The molecule has 0 radical (unpaired) electrons. The smallest absolute Gasteiger partial charge is 0.395 e. The molecule has 0 fully saturated rings. The molecule has 2 aromatic heterocycles. The number of hydrogen-bond donors (Lipinski definition) is 1. The van der Waals surface area contributed by atoms with E-state index in [0.29, 0.717) is 11.5 Å². The summed E-state index contributed by atoms with van der Waals surface area (Å²) in [5.41, 5.74) is 0.483. The molecule has 2 aromatic rings. The fourth-order valence-corrected chi connectivity index (χ4v) is 1.79. The van der Waals surface area contributed by atoms with Crippen LogP contribution in [0.3, 0.4) is 0 Å². The van der Waals surface area contributed by atoms with Crippen molar-refractivity contribution in [2.75, 3.05) is 19.7 Å². The van der Waals surface area contributed by atoms with Crippen molar-refractivity contribution < 1.29 is 18.3 Å². The van der Waals surface area contributed by atoms with Crippen LogP contribution in [0.4, 0.5) is 13.2 Å². The Labute approximate surface area is 107 Å². The quantitative estimate of drug-likeness (QED) is 0.886. The predicted octanol–water partition coefficient (Wildman–Crippen LogP) is 1.09. The largest absolute Gasteiger partial charge is 0.401 e. The first-order valence-electron chi connectivity index (χ1n) is 5.66. The molecular weight excluding hydrogens is 261 g/mol. The van der Waals surface area contributed by atoms with Gasteiger partial charge in [0.15, 0.2) is 0 Å². The van der Waals surface area contributed by atoms with Crippen molar-refractivity contribution in [1.82, 2.24) is 19.3 Å². The van der Waals surface area contributed by atoms with Gasteiger partial charge >= 0.3 is 6.18 Å². The van der Waals surface area contributed by atoms with Gasteiger partial charge in [-0.05, 0) is 6.07 Å². The summed E-state index contributed by atoms with van der Waals surface area (Å²) in [6, 6.07) is 1.71. The molecule has 104 valence electrons. The lowest BCUT2D eigenvalue weighted by Crippen LogP contribution is -2.35. The van der Waals surface area contributed by atoms with E-state index in [2.05, 4.69) is 9.97 Å². The lowest BCUT2D eigenvalue weighted by molar-refractivity contribution is -0.148. The van der Waals surface area contributed by atoms with Crippen molar-refractivity contribution in [3.8, 4) is 0 Å². The fraction of sp³-hybridized carbons (Fsp3) is 0.455. The van der Waals surface area contributed by atoms with Crippen LogP contribution in [-0.2, 0) is 6.54 Å². The van der Waals surface area contributed by atoms with Gasteiger partial charge in [0.1, 0.15) is 0 Å². The van der Waals surface area contributed by atoms with Crippen molar-refractivity contribution in [1.29, 1.82) is 0 Å².